The Balaban J connectivity index is 1.25. The lowest BCUT2D eigenvalue weighted by Gasteiger charge is -2.37. The van der Waals surface area contributed by atoms with E-state index in [0.29, 0.717) is 46.1 Å². The van der Waals surface area contributed by atoms with Gasteiger partial charge in [-0.25, -0.2) is 29.9 Å². The molecule has 466 valence electrons. The molecule has 0 aliphatic carbocycles. The lowest BCUT2D eigenvalue weighted by atomic mass is 9.93. The largest absolute Gasteiger partial charge is 0.308 e. The Morgan fingerprint density at radius 2 is 0.429 bits per heavy atom. The molecular weight excluding hydrogens is 1200 g/mol. The van der Waals surface area contributed by atoms with E-state index >= 15 is 0 Å². The number of benzene rings is 13. The molecular formula is C88H64N10. The van der Waals surface area contributed by atoms with E-state index in [4.69, 9.17) is 29.9 Å². The molecule has 0 radical (unpaired) electrons. The molecule has 4 heterocycles. The second-order valence-corrected chi connectivity index (χ2v) is 25.0. The van der Waals surface area contributed by atoms with Crippen LogP contribution in [0.3, 0.4) is 0 Å². The van der Waals surface area contributed by atoms with E-state index in [1.165, 1.54) is 0 Å². The highest BCUT2D eigenvalue weighted by Crippen LogP contribution is 2.59. The van der Waals surface area contributed by atoms with Gasteiger partial charge in [-0.2, -0.15) is 0 Å². The summed E-state index contributed by atoms with van der Waals surface area (Å²) in [4.78, 5) is 39.7. The Hall–Kier alpha value is -12.9. The monoisotopic (exact) mass is 1260 g/mol. The van der Waals surface area contributed by atoms with Gasteiger partial charge in [-0.05, 0) is 125 Å². The van der Waals surface area contributed by atoms with Gasteiger partial charge in [-0.15, -0.1) is 0 Å². The minimum absolute atomic E-state index is 0.418. The Labute approximate surface area is 568 Å². The molecule has 0 spiro atoms. The lowest BCUT2D eigenvalue weighted by molar-refractivity contribution is 1.04. The first-order valence-electron chi connectivity index (χ1n) is 33.1. The summed E-state index contributed by atoms with van der Waals surface area (Å²) in [6, 6.07) is 111. The molecule has 0 unspecified atom stereocenters. The highest BCUT2D eigenvalue weighted by Gasteiger charge is 2.40. The molecule has 0 saturated carbocycles. The van der Waals surface area contributed by atoms with Crippen LogP contribution in [0.4, 0.5) is 34.1 Å². The number of anilines is 6. The molecule has 0 bridgehead atoms. The van der Waals surface area contributed by atoms with Crippen LogP contribution >= 0.6 is 0 Å². The van der Waals surface area contributed by atoms with Crippen LogP contribution < -0.4 is 9.80 Å². The predicted octanol–water partition coefficient (Wildman–Crippen LogP) is 22.4. The molecule has 0 aliphatic rings. The summed E-state index contributed by atoms with van der Waals surface area (Å²) in [5.41, 5.74) is 19.5. The Morgan fingerprint density at radius 1 is 0.224 bits per heavy atom. The van der Waals surface area contributed by atoms with Crippen LogP contribution in [0.1, 0.15) is 22.3 Å². The van der Waals surface area contributed by atoms with E-state index in [2.05, 4.69) is 289 Å². The number of hydrogen-bond donors (Lipinski definition) is 0. The van der Waals surface area contributed by atoms with Crippen molar-refractivity contribution in [3.8, 4) is 79.7 Å². The normalized spacial score (nSPS) is 11.5. The molecule has 0 N–H and O–H groups in total. The van der Waals surface area contributed by atoms with Gasteiger partial charge in [0.25, 0.3) is 0 Å². The summed E-state index contributed by atoms with van der Waals surface area (Å²) in [6.07, 6.45) is 0. The molecule has 0 fully saturated rings. The van der Waals surface area contributed by atoms with Crippen LogP contribution in [0.2, 0.25) is 0 Å². The van der Waals surface area contributed by atoms with Crippen LogP contribution in [-0.2, 0) is 0 Å². The van der Waals surface area contributed by atoms with Crippen molar-refractivity contribution < 1.29 is 0 Å². The molecule has 0 aliphatic heterocycles. The zero-order chi connectivity index (χ0) is 65.8. The molecule has 0 atom stereocenters. The maximum atomic E-state index is 5.98. The van der Waals surface area contributed by atoms with Gasteiger partial charge >= 0.3 is 0 Å². The number of rotatable bonds is 14. The fraction of sp³-hybridized carbons (Fsp3) is 0.0455. The van der Waals surface area contributed by atoms with Crippen LogP contribution in [0.15, 0.2) is 315 Å². The van der Waals surface area contributed by atoms with Crippen LogP contribution in [0.5, 0.6) is 0 Å². The van der Waals surface area contributed by atoms with Gasteiger partial charge in [-0.3, -0.25) is 0 Å². The van der Waals surface area contributed by atoms with Gasteiger partial charge in [0.2, 0.25) is 0 Å². The van der Waals surface area contributed by atoms with Gasteiger partial charge in [0, 0.05) is 66.5 Å². The van der Waals surface area contributed by atoms with Crippen molar-refractivity contribution in [2.24, 2.45) is 0 Å². The first-order chi connectivity index (χ1) is 48.3. The smallest absolute Gasteiger partial charge is 0.168 e. The van der Waals surface area contributed by atoms with Crippen molar-refractivity contribution in [3.05, 3.63) is 338 Å². The Morgan fingerprint density at radius 3 is 0.653 bits per heavy atom. The zero-order valence-corrected chi connectivity index (χ0v) is 54.5. The van der Waals surface area contributed by atoms with Gasteiger partial charge in [0.1, 0.15) is 0 Å². The maximum absolute atomic E-state index is 5.98. The Bertz CT molecular complexity index is 5150. The van der Waals surface area contributed by atoms with Crippen LogP contribution in [0, 0.1) is 27.7 Å². The number of nitrogens with zero attached hydrogens (tertiary/aromatic N) is 10. The molecule has 17 aromatic rings. The lowest BCUT2D eigenvalue weighted by Crippen LogP contribution is -2.22. The van der Waals surface area contributed by atoms with E-state index in [1.807, 2.05) is 72.8 Å². The first kappa shape index (κ1) is 58.9. The summed E-state index contributed by atoms with van der Waals surface area (Å²) in [6.45, 7) is 8.70. The average Bonchev–Trinajstić information content (AvgIpc) is 1.32. The number of aromatic nitrogens is 8. The zero-order valence-electron chi connectivity index (χ0n) is 54.5. The molecule has 10 heteroatoms. The van der Waals surface area contributed by atoms with Crippen molar-refractivity contribution >= 4 is 77.7 Å². The Kier molecular flexibility index (Phi) is 14.9. The van der Waals surface area contributed by atoms with Crippen molar-refractivity contribution in [3.63, 3.8) is 0 Å². The second kappa shape index (κ2) is 24.8. The quantitative estimate of drug-likeness (QED) is 0.106. The maximum Gasteiger partial charge on any atom is 0.168 e. The molecule has 0 saturated heterocycles. The SMILES string of the molecule is Cc1ccc2c(c1)c1cc(C)ccc1n2-c1c(-c2nc(-c3ccccc3)nc(-c3ccccc3)n2)c(N(c2ccccc2)c2ccccc2)c(-n2c3ccc(C)cc3c3cc(C)ccc32)c(-c2nc(-c3ccccc3)nc(-c3ccccc3)n2)c1N(c1ccccc1)c1ccccc1. The van der Waals surface area contributed by atoms with E-state index in [0.717, 1.165) is 134 Å². The molecule has 13 aromatic carbocycles. The van der Waals surface area contributed by atoms with Crippen molar-refractivity contribution in [2.75, 3.05) is 9.80 Å². The third-order valence-corrected chi connectivity index (χ3v) is 18.3. The summed E-state index contributed by atoms with van der Waals surface area (Å²) in [7, 11) is 0. The molecule has 17 rings (SSSR count). The molecule has 98 heavy (non-hydrogen) atoms. The minimum Gasteiger partial charge on any atom is -0.308 e. The number of fused-ring (bicyclic) bond motifs is 6. The summed E-state index contributed by atoms with van der Waals surface area (Å²) < 4.78 is 4.95. The van der Waals surface area contributed by atoms with Crippen molar-refractivity contribution in [2.45, 2.75) is 27.7 Å². The fourth-order valence-corrected chi connectivity index (χ4v) is 13.9. The van der Waals surface area contributed by atoms with E-state index in [9.17, 15) is 0 Å². The standard InChI is InChI=1S/C88H64N10/c1-57-45-49-73-69(53-57)70-54-58(2)46-50-74(70)97(73)81-77(87-91-83(61-29-13-5-14-30-61)89-84(92-87)62-31-15-6-16-32-62)80(96(67-41-25-11-26-42-67)68-43-27-12-28-44-68)82(98-75-51-47-59(3)55-71(75)72-56-60(4)48-52-76(72)98)78(79(81)95(65-37-21-9-22-38-65)66-39-23-10-24-40-66)88-93-85(63-33-17-7-18-34-63)90-86(94-88)64-35-19-8-20-36-64/h5-56H,1-4H3. The van der Waals surface area contributed by atoms with E-state index in [-0.39, 0.29) is 0 Å². The predicted molar refractivity (Wildman–Crippen MR) is 403 cm³/mol. The highest BCUT2D eigenvalue weighted by molar-refractivity contribution is 6.18. The van der Waals surface area contributed by atoms with Gasteiger partial charge < -0.3 is 18.9 Å². The molecule has 0 amide bonds. The number of para-hydroxylation sites is 4. The van der Waals surface area contributed by atoms with Gasteiger partial charge in [0.15, 0.2) is 34.9 Å². The fourth-order valence-electron chi connectivity index (χ4n) is 13.9. The van der Waals surface area contributed by atoms with Crippen molar-refractivity contribution in [1.29, 1.82) is 0 Å². The minimum atomic E-state index is 0.418. The molecule has 4 aromatic heterocycles. The summed E-state index contributed by atoms with van der Waals surface area (Å²) in [5.74, 6) is 2.84. The molecule has 10 nitrogen and oxygen atoms in total. The second-order valence-electron chi connectivity index (χ2n) is 25.0. The topological polar surface area (TPSA) is 93.7 Å². The highest BCUT2D eigenvalue weighted by atomic mass is 15.2. The first-order valence-corrected chi connectivity index (χ1v) is 33.1. The summed E-state index contributed by atoms with van der Waals surface area (Å²) >= 11 is 0. The van der Waals surface area contributed by atoms with Gasteiger partial charge in [0.05, 0.1) is 55.9 Å². The van der Waals surface area contributed by atoms with Crippen LogP contribution in [-0.4, -0.2) is 39.0 Å². The van der Waals surface area contributed by atoms with E-state index in [1.54, 1.807) is 0 Å². The number of aryl methyl sites for hydroxylation is 4. The van der Waals surface area contributed by atoms with E-state index < -0.39 is 0 Å². The van der Waals surface area contributed by atoms with Gasteiger partial charge in [-0.1, -0.05) is 241 Å². The third kappa shape index (κ3) is 10.5. The third-order valence-electron chi connectivity index (χ3n) is 18.3. The van der Waals surface area contributed by atoms with Crippen molar-refractivity contribution in [1.82, 2.24) is 39.0 Å². The van der Waals surface area contributed by atoms with Crippen LogP contribution in [0.25, 0.3) is 123 Å². The average molecular weight is 1260 g/mol. The number of hydrogen-bond acceptors (Lipinski definition) is 8. The summed E-state index contributed by atoms with van der Waals surface area (Å²) in [5, 5.41) is 4.33.